The van der Waals surface area contributed by atoms with Crippen LogP contribution in [0.25, 0.3) is 0 Å². The molecule has 4 rings (SSSR count). The molecule has 0 aromatic carbocycles. The molecule has 4 saturated carbocycles. The molecule has 0 saturated heterocycles. The lowest BCUT2D eigenvalue weighted by Gasteiger charge is -2.60. The smallest absolute Gasteiger partial charge is 0.0599 e. The van der Waals surface area contributed by atoms with Gasteiger partial charge in [-0.1, -0.05) is 26.7 Å². The maximum Gasteiger partial charge on any atom is 0.0599 e. The van der Waals surface area contributed by atoms with Gasteiger partial charge in [-0.25, -0.2) is 0 Å². The predicted molar refractivity (Wildman–Crippen MR) is 87.0 cm³/mol. The molecule has 4 fully saturated rings. The highest BCUT2D eigenvalue weighted by Gasteiger charge is 2.60. The largest absolute Gasteiger partial charge is 0.393 e. The minimum Gasteiger partial charge on any atom is -0.393 e. The lowest BCUT2D eigenvalue weighted by molar-refractivity contribution is -0.127. The Balaban J connectivity index is 1.65. The number of fused-ring (bicyclic) bond motifs is 5. The van der Waals surface area contributed by atoms with Crippen molar-refractivity contribution < 1.29 is 5.11 Å². The highest BCUT2D eigenvalue weighted by Crippen LogP contribution is 2.66. The van der Waals surface area contributed by atoms with Gasteiger partial charge in [-0.3, -0.25) is 0 Å². The molecule has 0 radical (unpaired) electrons. The first-order valence-electron chi connectivity index (χ1n) is 9.80. The molecule has 0 heterocycles. The fraction of sp³-hybridized carbons (Fsp3) is 1.00. The van der Waals surface area contributed by atoms with E-state index in [9.17, 15) is 5.11 Å². The van der Waals surface area contributed by atoms with Crippen LogP contribution in [0.5, 0.6) is 0 Å². The van der Waals surface area contributed by atoms with E-state index in [2.05, 4.69) is 13.8 Å². The van der Waals surface area contributed by atoms with Crippen molar-refractivity contribution in [2.45, 2.75) is 90.6 Å². The fourth-order valence-electron chi connectivity index (χ4n) is 7.75. The number of rotatable bonds is 1. The molecule has 4 aliphatic carbocycles. The molecular formula is C20H34O. The van der Waals surface area contributed by atoms with Crippen molar-refractivity contribution in [1.29, 1.82) is 0 Å². The SMILES string of the molecule is CCC12CCC3C(CCC4CCCCC43C)C1CCC2O. The van der Waals surface area contributed by atoms with Gasteiger partial charge in [0.05, 0.1) is 6.10 Å². The number of hydrogen-bond acceptors (Lipinski definition) is 1. The van der Waals surface area contributed by atoms with E-state index in [1.807, 2.05) is 0 Å². The molecule has 120 valence electrons. The second-order valence-corrected chi connectivity index (χ2v) is 9.12. The summed E-state index contributed by atoms with van der Waals surface area (Å²) in [7, 11) is 0. The van der Waals surface area contributed by atoms with Gasteiger partial charge in [0.2, 0.25) is 0 Å². The van der Waals surface area contributed by atoms with E-state index in [4.69, 9.17) is 0 Å². The quantitative estimate of drug-likeness (QED) is 0.706. The molecule has 4 aliphatic rings. The Kier molecular flexibility index (Phi) is 3.45. The second kappa shape index (κ2) is 4.98. The van der Waals surface area contributed by atoms with Crippen LogP contribution >= 0.6 is 0 Å². The molecule has 0 aliphatic heterocycles. The van der Waals surface area contributed by atoms with E-state index < -0.39 is 0 Å². The second-order valence-electron chi connectivity index (χ2n) is 9.12. The van der Waals surface area contributed by atoms with Crippen LogP contribution < -0.4 is 0 Å². The molecule has 0 amide bonds. The Labute approximate surface area is 130 Å². The third-order valence-electron chi connectivity index (χ3n) is 8.91. The fourth-order valence-corrected chi connectivity index (χ4v) is 7.75. The van der Waals surface area contributed by atoms with Gasteiger partial charge < -0.3 is 5.11 Å². The molecule has 7 atom stereocenters. The van der Waals surface area contributed by atoms with Crippen LogP contribution in [0.1, 0.15) is 84.5 Å². The molecule has 7 unspecified atom stereocenters. The average Bonchev–Trinajstić information content (AvgIpc) is 2.84. The lowest BCUT2D eigenvalue weighted by Crippen LogP contribution is -2.53. The van der Waals surface area contributed by atoms with Gasteiger partial charge in [0.1, 0.15) is 0 Å². The highest BCUT2D eigenvalue weighted by molar-refractivity contribution is 5.09. The summed E-state index contributed by atoms with van der Waals surface area (Å²) >= 11 is 0. The molecule has 1 N–H and O–H groups in total. The first-order chi connectivity index (χ1) is 10.1. The Morgan fingerprint density at radius 1 is 0.905 bits per heavy atom. The monoisotopic (exact) mass is 290 g/mol. The molecule has 0 aromatic heterocycles. The molecule has 1 heteroatoms. The summed E-state index contributed by atoms with van der Waals surface area (Å²) in [6.07, 6.45) is 15.3. The zero-order valence-corrected chi connectivity index (χ0v) is 14.1. The summed E-state index contributed by atoms with van der Waals surface area (Å²) in [4.78, 5) is 0. The number of aliphatic hydroxyl groups is 1. The van der Waals surface area contributed by atoms with Crippen LogP contribution in [0.15, 0.2) is 0 Å². The summed E-state index contributed by atoms with van der Waals surface area (Å²) in [6, 6.07) is 0. The first-order valence-corrected chi connectivity index (χ1v) is 9.80. The van der Waals surface area contributed by atoms with Crippen LogP contribution in [0, 0.1) is 34.5 Å². The van der Waals surface area contributed by atoms with Gasteiger partial charge >= 0.3 is 0 Å². The molecule has 21 heavy (non-hydrogen) atoms. The first kappa shape index (κ1) is 14.5. The van der Waals surface area contributed by atoms with E-state index in [0.717, 1.165) is 30.1 Å². The summed E-state index contributed by atoms with van der Waals surface area (Å²) in [5.74, 6) is 3.78. The molecule has 0 bridgehead atoms. The maximum atomic E-state index is 10.7. The topological polar surface area (TPSA) is 20.2 Å². The Bertz CT molecular complexity index is 405. The van der Waals surface area contributed by atoms with Gasteiger partial charge in [0.15, 0.2) is 0 Å². The van der Waals surface area contributed by atoms with Gasteiger partial charge in [-0.05, 0) is 92.3 Å². The van der Waals surface area contributed by atoms with Crippen LogP contribution in [0.4, 0.5) is 0 Å². The number of hydrogen-bond donors (Lipinski definition) is 1. The van der Waals surface area contributed by atoms with Crippen molar-refractivity contribution in [3.05, 3.63) is 0 Å². The van der Waals surface area contributed by atoms with Crippen LogP contribution in [0.3, 0.4) is 0 Å². The van der Waals surface area contributed by atoms with E-state index >= 15 is 0 Å². The standard InChI is InChI=1S/C20H34O/c1-3-20-13-11-16-15(17(20)9-10-18(20)21)8-7-14-6-4-5-12-19(14,16)2/h14-18,21H,3-13H2,1-2H3. The van der Waals surface area contributed by atoms with Crippen molar-refractivity contribution in [2.24, 2.45) is 34.5 Å². The minimum absolute atomic E-state index is 0.00494. The van der Waals surface area contributed by atoms with Crippen molar-refractivity contribution in [3.8, 4) is 0 Å². The molecule has 0 aromatic rings. The molecular weight excluding hydrogens is 256 g/mol. The third kappa shape index (κ3) is 1.85. The zero-order valence-electron chi connectivity index (χ0n) is 14.1. The van der Waals surface area contributed by atoms with Gasteiger partial charge in [-0.2, -0.15) is 0 Å². The summed E-state index contributed by atoms with van der Waals surface area (Å²) in [6.45, 7) is 4.99. The molecule has 0 spiro atoms. The summed E-state index contributed by atoms with van der Waals surface area (Å²) < 4.78 is 0. The molecule has 1 nitrogen and oxygen atoms in total. The third-order valence-corrected chi connectivity index (χ3v) is 8.91. The normalized spacial score (nSPS) is 56.4. The van der Waals surface area contributed by atoms with Crippen molar-refractivity contribution in [1.82, 2.24) is 0 Å². The predicted octanol–water partition coefficient (Wildman–Crippen LogP) is 5.17. The van der Waals surface area contributed by atoms with Gasteiger partial charge in [-0.15, -0.1) is 0 Å². The summed E-state index contributed by atoms with van der Waals surface area (Å²) in [5.41, 5.74) is 0.952. The van der Waals surface area contributed by atoms with E-state index in [1.165, 1.54) is 64.2 Å². The summed E-state index contributed by atoms with van der Waals surface area (Å²) in [5, 5.41) is 10.7. The van der Waals surface area contributed by atoms with Crippen LogP contribution in [-0.2, 0) is 0 Å². The van der Waals surface area contributed by atoms with Gasteiger partial charge in [0.25, 0.3) is 0 Å². The van der Waals surface area contributed by atoms with Gasteiger partial charge in [0, 0.05) is 0 Å². The Hall–Kier alpha value is -0.0400. The Morgan fingerprint density at radius 3 is 2.57 bits per heavy atom. The van der Waals surface area contributed by atoms with Crippen molar-refractivity contribution in [3.63, 3.8) is 0 Å². The van der Waals surface area contributed by atoms with Crippen molar-refractivity contribution >= 4 is 0 Å². The Morgan fingerprint density at radius 2 is 1.76 bits per heavy atom. The average molecular weight is 290 g/mol. The van der Waals surface area contributed by atoms with E-state index in [1.54, 1.807) is 0 Å². The minimum atomic E-state index is 0.00494. The van der Waals surface area contributed by atoms with Crippen LogP contribution in [-0.4, -0.2) is 11.2 Å². The van der Waals surface area contributed by atoms with Crippen molar-refractivity contribution in [2.75, 3.05) is 0 Å². The van der Waals surface area contributed by atoms with E-state index in [-0.39, 0.29) is 6.10 Å². The van der Waals surface area contributed by atoms with E-state index in [0.29, 0.717) is 10.8 Å². The lowest BCUT2D eigenvalue weighted by atomic mass is 9.45. The zero-order chi connectivity index (χ0) is 14.7. The maximum absolute atomic E-state index is 10.7. The van der Waals surface area contributed by atoms with Crippen LogP contribution in [0.2, 0.25) is 0 Å². The highest BCUT2D eigenvalue weighted by atomic mass is 16.3. The number of aliphatic hydroxyl groups excluding tert-OH is 1.